The number of fused-ring (bicyclic) bond motifs is 1. The molecule has 1 unspecified atom stereocenters. The van der Waals surface area contributed by atoms with Crippen molar-refractivity contribution < 1.29 is 4.79 Å². The fraction of sp³-hybridized carbons (Fsp3) is 0.467. The van der Waals surface area contributed by atoms with E-state index in [9.17, 15) is 10.1 Å². The van der Waals surface area contributed by atoms with Crippen LogP contribution in [-0.2, 0) is 0 Å². The standard InChI is InChI=1S/C15H17N5O/c16-8-13(11-4-2-1-3-5-11)19-15(21)12-9-18-20-7-6-17-10-14(12)20/h6-7,9-11,13H,1-5H2,(H,19,21). The first-order valence-electron chi connectivity index (χ1n) is 7.27. The summed E-state index contributed by atoms with van der Waals surface area (Å²) in [6.45, 7) is 0. The highest BCUT2D eigenvalue weighted by molar-refractivity contribution is 6.00. The lowest BCUT2D eigenvalue weighted by molar-refractivity contribution is 0.0930. The Hall–Kier alpha value is -2.42. The number of carbonyl (C=O) groups is 1. The molecule has 1 fully saturated rings. The zero-order valence-electron chi connectivity index (χ0n) is 11.7. The van der Waals surface area contributed by atoms with Crippen LogP contribution in [0, 0.1) is 17.2 Å². The Labute approximate surface area is 122 Å². The van der Waals surface area contributed by atoms with Crippen molar-refractivity contribution in [1.82, 2.24) is 19.9 Å². The summed E-state index contributed by atoms with van der Waals surface area (Å²) in [5, 5.41) is 16.3. The zero-order chi connectivity index (χ0) is 14.7. The van der Waals surface area contributed by atoms with E-state index in [-0.39, 0.29) is 11.8 Å². The van der Waals surface area contributed by atoms with Gasteiger partial charge in [0.05, 0.1) is 29.5 Å². The number of aromatic nitrogens is 3. The summed E-state index contributed by atoms with van der Waals surface area (Å²) in [5.41, 5.74) is 1.11. The van der Waals surface area contributed by atoms with E-state index in [1.807, 2.05) is 0 Å². The molecule has 0 aliphatic heterocycles. The van der Waals surface area contributed by atoms with Gasteiger partial charge < -0.3 is 5.32 Å². The fourth-order valence-corrected chi connectivity index (χ4v) is 2.95. The molecule has 1 N–H and O–H groups in total. The minimum absolute atomic E-state index is 0.255. The average molecular weight is 283 g/mol. The van der Waals surface area contributed by atoms with Gasteiger partial charge in [0, 0.05) is 12.4 Å². The van der Waals surface area contributed by atoms with Crippen LogP contribution in [0.25, 0.3) is 5.52 Å². The van der Waals surface area contributed by atoms with Gasteiger partial charge in [-0.2, -0.15) is 10.4 Å². The van der Waals surface area contributed by atoms with Crippen molar-refractivity contribution in [2.75, 3.05) is 0 Å². The molecule has 1 amide bonds. The maximum atomic E-state index is 12.4. The van der Waals surface area contributed by atoms with E-state index in [0.717, 1.165) is 25.7 Å². The molecule has 108 valence electrons. The number of nitrogens with zero attached hydrogens (tertiary/aromatic N) is 4. The van der Waals surface area contributed by atoms with Crippen molar-refractivity contribution in [1.29, 1.82) is 5.26 Å². The molecule has 1 saturated carbocycles. The Morgan fingerprint density at radius 1 is 1.38 bits per heavy atom. The molecule has 2 heterocycles. The summed E-state index contributed by atoms with van der Waals surface area (Å²) in [7, 11) is 0. The highest BCUT2D eigenvalue weighted by Crippen LogP contribution is 2.26. The van der Waals surface area contributed by atoms with Crippen LogP contribution >= 0.6 is 0 Å². The van der Waals surface area contributed by atoms with Crippen LogP contribution in [0.1, 0.15) is 42.5 Å². The molecule has 21 heavy (non-hydrogen) atoms. The lowest BCUT2D eigenvalue weighted by atomic mass is 9.84. The van der Waals surface area contributed by atoms with Gasteiger partial charge >= 0.3 is 0 Å². The SMILES string of the molecule is N#CC(NC(=O)c1cnn2ccncc12)C1CCCCC1. The van der Waals surface area contributed by atoms with E-state index in [1.54, 1.807) is 23.1 Å². The van der Waals surface area contributed by atoms with E-state index in [4.69, 9.17) is 0 Å². The normalized spacial score (nSPS) is 17.3. The van der Waals surface area contributed by atoms with Crippen LogP contribution in [0.2, 0.25) is 0 Å². The predicted molar refractivity (Wildman–Crippen MR) is 76.4 cm³/mol. The molecule has 2 aromatic rings. The maximum Gasteiger partial charge on any atom is 0.256 e. The van der Waals surface area contributed by atoms with Crippen molar-refractivity contribution in [3.05, 3.63) is 30.4 Å². The van der Waals surface area contributed by atoms with Crippen LogP contribution in [0.15, 0.2) is 24.8 Å². The maximum absolute atomic E-state index is 12.4. The Morgan fingerprint density at radius 3 is 2.95 bits per heavy atom. The van der Waals surface area contributed by atoms with Crippen LogP contribution in [0.5, 0.6) is 0 Å². The number of hydrogen-bond donors (Lipinski definition) is 1. The summed E-state index contributed by atoms with van der Waals surface area (Å²) in [6, 6.07) is 1.81. The molecule has 1 aliphatic carbocycles. The summed E-state index contributed by atoms with van der Waals surface area (Å²) >= 11 is 0. The Bertz CT molecular complexity index is 681. The first kappa shape index (κ1) is 13.6. The van der Waals surface area contributed by atoms with Gasteiger partial charge in [-0.25, -0.2) is 4.52 Å². The number of hydrogen-bond acceptors (Lipinski definition) is 4. The molecule has 3 rings (SSSR count). The van der Waals surface area contributed by atoms with Crippen LogP contribution in [0.3, 0.4) is 0 Å². The number of carbonyl (C=O) groups excluding carboxylic acids is 1. The predicted octanol–water partition coefficient (Wildman–Crippen LogP) is 1.93. The molecule has 1 atom stereocenters. The van der Waals surface area contributed by atoms with Gasteiger partial charge in [0.1, 0.15) is 6.04 Å². The third-order valence-electron chi connectivity index (χ3n) is 4.12. The van der Waals surface area contributed by atoms with Crippen LogP contribution in [-0.4, -0.2) is 26.5 Å². The first-order valence-corrected chi connectivity index (χ1v) is 7.27. The second-order valence-corrected chi connectivity index (χ2v) is 5.44. The van der Waals surface area contributed by atoms with Crippen molar-refractivity contribution in [2.24, 2.45) is 5.92 Å². The number of rotatable bonds is 3. The Balaban J connectivity index is 1.77. The van der Waals surface area contributed by atoms with Gasteiger partial charge in [0.2, 0.25) is 0 Å². The third-order valence-corrected chi connectivity index (χ3v) is 4.12. The summed E-state index contributed by atoms with van der Waals surface area (Å²) < 4.78 is 1.60. The van der Waals surface area contributed by atoms with Gasteiger partial charge in [0.25, 0.3) is 5.91 Å². The minimum Gasteiger partial charge on any atom is -0.336 e. The smallest absolute Gasteiger partial charge is 0.256 e. The zero-order valence-corrected chi connectivity index (χ0v) is 11.7. The largest absolute Gasteiger partial charge is 0.336 e. The lowest BCUT2D eigenvalue weighted by Crippen LogP contribution is -2.40. The van der Waals surface area contributed by atoms with Gasteiger partial charge in [-0.3, -0.25) is 9.78 Å². The summed E-state index contributed by atoms with van der Waals surface area (Å²) in [5.74, 6) is 0.00258. The quantitative estimate of drug-likeness (QED) is 0.933. The van der Waals surface area contributed by atoms with E-state index >= 15 is 0 Å². The van der Waals surface area contributed by atoms with Crippen LogP contribution in [0.4, 0.5) is 0 Å². The molecule has 6 nitrogen and oxygen atoms in total. The number of nitriles is 1. The highest BCUT2D eigenvalue weighted by Gasteiger charge is 2.26. The molecule has 0 saturated heterocycles. The third kappa shape index (κ3) is 2.72. The molecule has 1 aliphatic rings. The molecular formula is C15H17N5O. The number of amides is 1. The van der Waals surface area contributed by atoms with Crippen molar-refractivity contribution in [3.8, 4) is 6.07 Å². The van der Waals surface area contributed by atoms with Gasteiger partial charge in [0.15, 0.2) is 0 Å². The molecule has 0 radical (unpaired) electrons. The summed E-state index contributed by atoms with van der Waals surface area (Å²) in [6.07, 6.45) is 11.9. The molecule has 6 heteroatoms. The Kier molecular flexibility index (Phi) is 3.82. The topological polar surface area (TPSA) is 83.1 Å². The molecule has 0 bridgehead atoms. The second-order valence-electron chi connectivity index (χ2n) is 5.44. The molecule has 0 spiro atoms. The molecule has 0 aromatic carbocycles. The highest BCUT2D eigenvalue weighted by atomic mass is 16.1. The van der Waals surface area contributed by atoms with Crippen molar-refractivity contribution >= 4 is 11.4 Å². The second kappa shape index (κ2) is 5.92. The fourth-order valence-electron chi connectivity index (χ4n) is 2.95. The molecular weight excluding hydrogens is 266 g/mol. The van der Waals surface area contributed by atoms with Gasteiger partial charge in [-0.1, -0.05) is 19.3 Å². The monoisotopic (exact) mass is 283 g/mol. The van der Waals surface area contributed by atoms with Gasteiger partial charge in [-0.15, -0.1) is 0 Å². The lowest BCUT2D eigenvalue weighted by Gasteiger charge is -2.26. The van der Waals surface area contributed by atoms with Crippen molar-refractivity contribution in [3.63, 3.8) is 0 Å². The van der Waals surface area contributed by atoms with E-state index in [1.165, 1.54) is 12.6 Å². The first-order chi connectivity index (χ1) is 10.3. The van der Waals surface area contributed by atoms with Gasteiger partial charge in [-0.05, 0) is 18.8 Å². The minimum atomic E-state index is -0.426. The van der Waals surface area contributed by atoms with E-state index in [0.29, 0.717) is 11.1 Å². The Morgan fingerprint density at radius 2 is 2.19 bits per heavy atom. The summed E-state index contributed by atoms with van der Waals surface area (Å²) in [4.78, 5) is 16.4. The van der Waals surface area contributed by atoms with E-state index < -0.39 is 6.04 Å². The average Bonchev–Trinajstić information content (AvgIpc) is 2.97. The molecule has 2 aromatic heterocycles. The number of nitrogens with one attached hydrogen (secondary N) is 1. The van der Waals surface area contributed by atoms with Crippen LogP contribution < -0.4 is 5.32 Å². The van der Waals surface area contributed by atoms with Crippen molar-refractivity contribution in [2.45, 2.75) is 38.1 Å². The van der Waals surface area contributed by atoms with E-state index in [2.05, 4.69) is 21.5 Å².